The number of nitrogens with one attached hydrogen (secondary N) is 1. The monoisotopic (exact) mass is 300 g/mol. The fraction of sp³-hybridized carbons (Fsp3) is 0.750. The van der Waals surface area contributed by atoms with E-state index in [2.05, 4.69) is 10.2 Å². The summed E-state index contributed by atoms with van der Waals surface area (Å²) in [5, 5.41) is 7.02. The summed E-state index contributed by atoms with van der Waals surface area (Å²) < 4.78 is 33.4. The third kappa shape index (κ3) is 2.48. The van der Waals surface area contributed by atoms with Gasteiger partial charge < -0.3 is 4.74 Å². The lowest BCUT2D eigenvalue weighted by molar-refractivity contribution is 0.0705. The average Bonchev–Trinajstić information content (AvgIpc) is 3.08. The third-order valence-electron chi connectivity index (χ3n) is 4.05. The topological polar surface area (TPSA) is 78.5 Å². The molecule has 2 aliphatic rings. The summed E-state index contributed by atoms with van der Waals surface area (Å²) in [5.74, 6) is 0.216. The molecular weight excluding hydrogens is 280 g/mol. The van der Waals surface area contributed by atoms with E-state index in [0.717, 1.165) is 17.7 Å². The zero-order valence-electron chi connectivity index (χ0n) is 11.6. The number of hydrogen-bond donors (Lipinski definition) is 1. The standard InChI is InChI=1S/C12H20N4O3S/c1-10-8-13-14-12(10)11-2-3-16(9-11)20(17,18)15-4-6-19-7-5-15/h8,11H,2-7,9H2,1H3,(H,13,14)/t11-/m1/s1. The number of aromatic nitrogens is 2. The maximum atomic E-state index is 12.6. The average molecular weight is 300 g/mol. The predicted octanol–water partition coefficient (Wildman–Crippen LogP) is 0.0844. The first kappa shape index (κ1) is 14.0. The van der Waals surface area contributed by atoms with Gasteiger partial charge in [-0.1, -0.05) is 0 Å². The van der Waals surface area contributed by atoms with Gasteiger partial charge in [0.05, 0.1) is 19.4 Å². The van der Waals surface area contributed by atoms with Crippen LogP contribution in [0.5, 0.6) is 0 Å². The van der Waals surface area contributed by atoms with Crippen molar-refractivity contribution < 1.29 is 13.2 Å². The van der Waals surface area contributed by atoms with E-state index >= 15 is 0 Å². The van der Waals surface area contributed by atoms with Crippen molar-refractivity contribution in [3.63, 3.8) is 0 Å². The lowest BCUT2D eigenvalue weighted by atomic mass is 10.0. The van der Waals surface area contributed by atoms with E-state index in [0.29, 0.717) is 39.4 Å². The fourth-order valence-corrected chi connectivity index (χ4v) is 4.53. The molecule has 1 N–H and O–H groups in total. The van der Waals surface area contributed by atoms with E-state index in [1.807, 2.05) is 6.92 Å². The van der Waals surface area contributed by atoms with Crippen LogP contribution < -0.4 is 0 Å². The largest absolute Gasteiger partial charge is 0.379 e. The number of ether oxygens (including phenoxy) is 1. The van der Waals surface area contributed by atoms with Crippen LogP contribution in [0, 0.1) is 6.92 Å². The van der Waals surface area contributed by atoms with Gasteiger partial charge in [0.15, 0.2) is 0 Å². The second-order valence-corrected chi connectivity index (χ2v) is 7.26. The number of aryl methyl sites for hydroxylation is 1. The summed E-state index contributed by atoms with van der Waals surface area (Å²) in [6, 6.07) is 0. The predicted molar refractivity (Wildman–Crippen MR) is 73.6 cm³/mol. The van der Waals surface area contributed by atoms with Gasteiger partial charge in [0, 0.05) is 37.8 Å². The summed E-state index contributed by atoms with van der Waals surface area (Å²) in [6.45, 7) is 4.97. The Labute approximate surface area is 119 Å². The molecule has 0 spiro atoms. The molecule has 0 aromatic carbocycles. The van der Waals surface area contributed by atoms with Gasteiger partial charge >= 0.3 is 0 Å². The Hall–Kier alpha value is -0.960. The van der Waals surface area contributed by atoms with Crippen LogP contribution in [0.25, 0.3) is 0 Å². The molecule has 20 heavy (non-hydrogen) atoms. The molecule has 7 nitrogen and oxygen atoms in total. The Bertz CT molecular complexity index is 565. The van der Waals surface area contributed by atoms with Gasteiger partial charge in [-0.05, 0) is 18.9 Å². The van der Waals surface area contributed by atoms with Crippen molar-refractivity contribution in [2.45, 2.75) is 19.3 Å². The van der Waals surface area contributed by atoms with E-state index in [-0.39, 0.29) is 5.92 Å². The second-order valence-electron chi connectivity index (χ2n) is 5.33. The first-order valence-corrected chi connectivity index (χ1v) is 8.31. The van der Waals surface area contributed by atoms with Gasteiger partial charge in [0.2, 0.25) is 0 Å². The van der Waals surface area contributed by atoms with Crippen molar-refractivity contribution in [2.24, 2.45) is 0 Å². The number of morpholine rings is 1. The molecule has 3 rings (SSSR count). The van der Waals surface area contributed by atoms with Crippen LogP contribution in [0.2, 0.25) is 0 Å². The number of hydrogen-bond acceptors (Lipinski definition) is 4. The first-order chi connectivity index (χ1) is 9.59. The van der Waals surface area contributed by atoms with Crippen LogP contribution in [-0.4, -0.2) is 66.6 Å². The van der Waals surface area contributed by atoms with Crippen LogP contribution in [0.4, 0.5) is 0 Å². The zero-order chi connectivity index (χ0) is 14.2. The highest BCUT2D eigenvalue weighted by molar-refractivity contribution is 7.86. The molecule has 0 unspecified atom stereocenters. The molecule has 8 heteroatoms. The summed E-state index contributed by atoms with van der Waals surface area (Å²) in [6.07, 6.45) is 2.63. The first-order valence-electron chi connectivity index (χ1n) is 6.92. The Balaban J connectivity index is 1.71. The fourth-order valence-electron chi connectivity index (χ4n) is 2.88. The van der Waals surface area contributed by atoms with E-state index in [4.69, 9.17) is 4.74 Å². The number of nitrogens with zero attached hydrogens (tertiary/aromatic N) is 3. The molecule has 0 amide bonds. The van der Waals surface area contributed by atoms with Gasteiger partial charge in [-0.2, -0.15) is 22.1 Å². The smallest absolute Gasteiger partial charge is 0.282 e. The number of aromatic amines is 1. The minimum absolute atomic E-state index is 0.216. The number of H-pyrrole nitrogens is 1. The Morgan fingerprint density at radius 1 is 1.30 bits per heavy atom. The maximum Gasteiger partial charge on any atom is 0.282 e. The Kier molecular flexibility index (Phi) is 3.80. The van der Waals surface area contributed by atoms with E-state index in [1.54, 1.807) is 10.5 Å². The van der Waals surface area contributed by atoms with Crippen molar-refractivity contribution in [1.29, 1.82) is 0 Å². The Morgan fingerprint density at radius 2 is 2.05 bits per heavy atom. The minimum atomic E-state index is -3.35. The van der Waals surface area contributed by atoms with Gasteiger partial charge in [-0.3, -0.25) is 5.10 Å². The summed E-state index contributed by atoms with van der Waals surface area (Å²) in [7, 11) is -3.35. The van der Waals surface area contributed by atoms with Crippen molar-refractivity contribution in [3.05, 3.63) is 17.5 Å². The molecule has 2 aliphatic heterocycles. The molecule has 1 atom stereocenters. The normalized spacial score (nSPS) is 26.1. The molecule has 0 saturated carbocycles. The number of rotatable bonds is 3. The van der Waals surface area contributed by atoms with E-state index < -0.39 is 10.2 Å². The second kappa shape index (κ2) is 5.44. The van der Waals surface area contributed by atoms with Crippen molar-refractivity contribution in [1.82, 2.24) is 18.8 Å². The van der Waals surface area contributed by atoms with Gasteiger partial charge in [-0.25, -0.2) is 0 Å². The summed E-state index contributed by atoms with van der Waals surface area (Å²) in [4.78, 5) is 0. The molecule has 0 aliphatic carbocycles. The molecule has 0 radical (unpaired) electrons. The highest BCUT2D eigenvalue weighted by atomic mass is 32.2. The quantitative estimate of drug-likeness (QED) is 0.858. The van der Waals surface area contributed by atoms with Gasteiger partial charge in [0.1, 0.15) is 0 Å². The minimum Gasteiger partial charge on any atom is -0.379 e. The molecule has 3 heterocycles. The van der Waals surface area contributed by atoms with Crippen LogP contribution in [0.3, 0.4) is 0 Å². The molecule has 0 bridgehead atoms. The van der Waals surface area contributed by atoms with Gasteiger partial charge in [-0.15, -0.1) is 0 Å². The van der Waals surface area contributed by atoms with Crippen LogP contribution in [0.15, 0.2) is 6.20 Å². The summed E-state index contributed by atoms with van der Waals surface area (Å²) >= 11 is 0. The summed E-state index contributed by atoms with van der Waals surface area (Å²) in [5.41, 5.74) is 2.16. The van der Waals surface area contributed by atoms with Crippen molar-refractivity contribution in [3.8, 4) is 0 Å². The molecular formula is C12H20N4O3S. The molecule has 112 valence electrons. The van der Waals surface area contributed by atoms with Crippen molar-refractivity contribution in [2.75, 3.05) is 39.4 Å². The highest BCUT2D eigenvalue weighted by Gasteiger charge is 2.37. The molecule has 2 saturated heterocycles. The van der Waals surface area contributed by atoms with E-state index in [9.17, 15) is 8.42 Å². The van der Waals surface area contributed by atoms with Crippen molar-refractivity contribution >= 4 is 10.2 Å². The van der Waals surface area contributed by atoms with Gasteiger partial charge in [0.25, 0.3) is 10.2 Å². The SMILES string of the molecule is Cc1cn[nH]c1[C@@H]1CCN(S(=O)(=O)N2CCOCC2)C1. The molecule has 1 aromatic rings. The Morgan fingerprint density at radius 3 is 2.70 bits per heavy atom. The highest BCUT2D eigenvalue weighted by Crippen LogP contribution is 2.30. The lowest BCUT2D eigenvalue weighted by Crippen LogP contribution is -2.47. The lowest BCUT2D eigenvalue weighted by Gasteiger charge is -2.30. The molecule has 1 aromatic heterocycles. The van der Waals surface area contributed by atoms with E-state index in [1.165, 1.54) is 4.31 Å². The zero-order valence-corrected chi connectivity index (χ0v) is 12.4. The van der Waals surface area contributed by atoms with Crippen LogP contribution >= 0.6 is 0 Å². The third-order valence-corrected chi connectivity index (χ3v) is 6.05. The maximum absolute atomic E-state index is 12.6. The van der Waals surface area contributed by atoms with Crippen LogP contribution in [0.1, 0.15) is 23.6 Å². The molecule has 2 fully saturated rings. The van der Waals surface area contributed by atoms with Crippen LogP contribution in [-0.2, 0) is 14.9 Å².